The summed E-state index contributed by atoms with van der Waals surface area (Å²) in [5.41, 5.74) is 6.57. The lowest BCUT2D eigenvalue weighted by atomic mass is 9.88. The third-order valence-corrected chi connectivity index (χ3v) is 12.7. The topological polar surface area (TPSA) is 122 Å². The number of para-hydroxylation sites is 1. The molecule has 314 valence electrons. The number of carbonyl (C=O) groups excluding carboxylic acids is 2. The number of piperazine rings is 2. The molecule has 62 heavy (non-hydrogen) atoms. The highest BCUT2D eigenvalue weighted by molar-refractivity contribution is 5.93. The Morgan fingerprint density at radius 1 is 0.710 bits per heavy atom. The summed E-state index contributed by atoms with van der Waals surface area (Å²) in [5.74, 6) is 0.637. The molecule has 3 fully saturated rings. The SMILES string of the molecule is O=C1[C@@H](CCCn2c(-c3ccccc3)c(-c3ccccc3)oc2=O)N2C(=O)[C@H](Cc3c[nH]c4ccccc34)N[C@H]3COC[C@H](Cc4ccc(OCc5ccccc5)cc4)N1C[C@@H]32. The number of hydrogen-bond donors (Lipinski definition) is 2. The molecule has 3 saturated heterocycles. The van der Waals surface area contributed by atoms with Crippen molar-refractivity contribution in [1.82, 2.24) is 24.7 Å². The van der Waals surface area contributed by atoms with Gasteiger partial charge in [0.05, 0.1) is 43.1 Å². The highest BCUT2D eigenvalue weighted by Gasteiger charge is 2.53. The van der Waals surface area contributed by atoms with Crippen LogP contribution in [0.2, 0.25) is 0 Å². The highest BCUT2D eigenvalue weighted by Crippen LogP contribution is 2.35. The fraction of sp³-hybridized carbons (Fsp3) is 0.275. The normalized spacial score (nSPS) is 21.2. The third kappa shape index (κ3) is 7.85. The van der Waals surface area contributed by atoms with Crippen LogP contribution in [0.25, 0.3) is 33.5 Å². The zero-order chi connectivity index (χ0) is 42.0. The summed E-state index contributed by atoms with van der Waals surface area (Å²) < 4.78 is 20.1. The first kappa shape index (κ1) is 39.4. The van der Waals surface area contributed by atoms with Gasteiger partial charge >= 0.3 is 5.76 Å². The van der Waals surface area contributed by atoms with Gasteiger partial charge in [-0.2, -0.15) is 0 Å². The Bertz CT molecular complexity index is 2710. The predicted octanol–water partition coefficient (Wildman–Crippen LogP) is 7.25. The van der Waals surface area contributed by atoms with E-state index in [0.29, 0.717) is 70.0 Å². The maximum Gasteiger partial charge on any atom is 0.419 e. The molecule has 0 aliphatic carbocycles. The minimum absolute atomic E-state index is 0.0884. The second-order valence-corrected chi connectivity index (χ2v) is 16.6. The second kappa shape index (κ2) is 17.4. The van der Waals surface area contributed by atoms with Crippen LogP contribution in [0.15, 0.2) is 155 Å². The lowest BCUT2D eigenvalue weighted by Gasteiger charge is -2.55. The number of oxazole rings is 1. The Kier molecular flexibility index (Phi) is 11.0. The number of aromatic nitrogens is 2. The van der Waals surface area contributed by atoms with Gasteiger partial charge in [-0.1, -0.05) is 121 Å². The van der Waals surface area contributed by atoms with Crippen molar-refractivity contribution in [2.75, 3.05) is 19.8 Å². The standard InChI is InChI=1S/C51H49N5O6/c57-49-43(28-38-29-52-42-20-11-10-19-41(38)42)53-44-33-60-32-39(27-34-22-24-40(25-23-34)61-31-35-13-4-1-5-14-35)55-30-46(44)56(49)45(50(55)58)21-12-26-54-47(36-15-6-2-7-16-36)48(62-51(54)59)37-17-8-3-9-18-37/h1-11,13-20,22-25,29,39,43-46,52-53H,12,21,26-28,30-33H2/t39-,43-,44-,45+,46-/m0/s1. The Hall–Kier alpha value is -6.69. The summed E-state index contributed by atoms with van der Waals surface area (Å²) >= 11 is 0. The molecule has 10 rings (SSSR count). The molecule has 11 heteroatoms. The zero-order valence-electron chi connectivity index (χ0n) is 34.4. The van der Waals surface area contributed by atoms with Gasteiger partial charge < -0.3 is 28.7 Å². The number of fused-ring (bicyclic) bond motifs is 2. The average molecular weight is 828 g/mol. The molecule has 2 N–H and O–H groups in total. The first-order valence-corrected chi connectivity index (χ1v) is 21.6. The van der Waals surface area contributed by atoms with Crippen LogP contribution in [-0.2, 0) is 40.3 Å². The maximum atomic E-state index is 15.1. The number of H-pyrrole nitrogens is 1. The van der Waals surface area contributed by atoms with Crippen molar-refractivity contribution in [3.05, 3.63) is 173 Å². The first-order chi connectivity index (χ1) is 30.5. The molecule has 5 atom stereocenters. The minimum atomic E-state index is -0.720. The molecule has 2 aromatic heterocycles. The van der Waals surface area contributed by atoms with Crippen LogP contribution in [0, 0.1) is 0 Å². The summed E-state index contributed by atoms with van der Waals surface area (Å²) in [4.78, 5) is 50.8. The molecule has 5 aromatic carbocycles. The highest BCUT2D eigenvalue weighted by atomic mass is 16.5. The van der Waals surface area contributed by atoms with Crippen molar-refractivity contribution >= 4 is 22.7 Å². The molecule has 2 amide bonds. The molecule has 5 heterocycles. The van der Waals surface area contributed by atoms with Crippen LogP contribution in [0.5, 0.6) is 5.75 Å². The Balaban J connectivity index is 0.930. The minimum Gasteiger partial charge on any atom is -0.489 e. The van der Waals surface area contributed by atoms with Gasteiger partial charge in [-0.15, -0.1) is 0 Å². The first-order valence-electron chi connectivity index (χ1n) is 21.6. The van der Waals surface area contributed by atoms with E-state index in [0.717, 1.165) is 44.5 Å². The Morgan fingerprint density at radius 3 is 2.19 bits per heavy atom. The van der Waals surface area contributed by atoms with Crippen molar-refractivity contribution in [2.45, 2.75) is 69.0 Å². The molecule has 3 aliphatic rings. The van der Waals surface area contributed by atoms with Gasteiger partial charge in [0.25, 0.3) is 0 Å². The van der Waals surface area contributed by atoms with Crippen LogP contribution < -0.4 is 15.8 Å². The van der Waals surface area contributed by atoms with Gasteiger partial charge in [0.2, 0.25) is 11.8 Å². The van der Waals surface area contributed by atoms with Crippen molar-refractivity contribution in [1.29, 1.82) is 0 Å². The average Bonchev–Trinajstić information content (AvgIpc) is 3.87. The van der Waals surface area contributed by atoms with Gasteiger partial charge in [-0.25, -0.2) is 4.79 Å². The molecule has 7 aromatic rings. The molecule has 0 saturated carbocycles. The van der Waals surface area contributed by atoms with E-state index in [1.165, 1.54) is 0 Å². The van der Waals surface area contributed by atoms with Gasteiger partial charge in [0.15, 0.2) is 5.76 Å². The number of nitrogens with one attached hydrogen (secondary N) is 2. The van der Waals surface area contributed by atoms with Gasteiger partial charge in [-0.05, 0) is 60.6 Å². The number of benzene rings is 5. The molecular weight excluding hydrogens is 779 g/mol. The Labute approximate surface area is 359 Å². The summed E-state index contributed by atoms with van der Waals surface area (Å²) in [6.45, 7) is 1.96. The monoisotopic (exact) mass is 827 g/mol. The van der Waals surface area contributed by atoms with Gasteiger partial charge in [0.1, 0.15) is 18.4 Å². The van der Waals surface area contributed by atoms with Crippen LogP contribution in [0.3, 0.4) is 0 Å². The van der Waals surface area contributed by atoms with Crippen LogP contribution in [0.4, 0.5) is 0 Å². The van der Waals surface area contributed by atoms with Gasteiger partial charge in [0, 0.05) is 41.3 Å². The summed E-state index contributed by atoms with van der Waals surface area (Å²) in [5, 5.41) is 4.76. The largest absolute Gasteiger partial charge is 0.489 e. The van der Waals surface area contributed by atoms with Crippen molar-refractivity contribution in [3.63, 3.8) is 0 Å². The molecule has 11 nitrogen and oxygen atoms in total. The van der Waals surface area contributed by atoms with Crippen molar-refractivity contribution in [3.8, 4) is 28.3 Å². The van der Waals surface area contributed by atoms with E-state index in [-0.39, 0.29) is 29.9 Å². The molecular formula is C51H49N5O6. The second-order valence-electron chi connectivity index (χ2n) is 16.6. The van der Waals surface area contributed by atoms with Crippen LogP contribution in [-0.4, -0.2) is 81.1 Å². The number of ether oxygens (including phenoxy) is 2. The molecule has 2 bridgehead atoms. The number of amides is 2. The molecule has 3 aliphatic heterocycles. The van der Waals surface area contributed by atoms with E-state index in [1.807, 2.05) is 137 Å². The molecule has 0 radical (unpaired) electrons. The summed E-state index contributed by atoms with van der Waals surface area (Å²) in [6, 6.07) is 43.7. The molecule has 0 spiro atoms. The summed E-state index contributed by atoms with van der Waals surface area (Å²) in [7, 11) is 0. The van der Waals surface area contributed by atoms with Crippen molar-refractivity contribution in [2.24, 2.45) is 0 Å². The van der Waals surface area contributed by atoms with E-state index in [9.17, 15) is 9.59 Å². The van der Waals surface area contributed by atoms with Crippen LogP contribution in [0.1, 0.15) is 29.5 Å². The summed E-state index contributed by atoms with van der Waals surface area (Å²) in [6.07, 6.45) is 3.87. The van der Waals surface area contributed by atoms with E-state index in [2.05, 4.69) is 28.5 Å². The maximum absolute atomic E-state index is 15.1. The van der Waals surface area contributed by atoms with Crippen LogP contribution >= 0.6 is 0 Å². The Morgan fingerprint density at radius 2 is 1.42 bits per heavy atom. The van der Waals surface area contributed by atoms with E-state index in [1.54, 1.807) is 4.57 Å². The third-order valence-electron chi connectivity index (χ3n) is 12.7. The number of nitrogens with zero attached hydrogens (tertiary/aromatic N) is 3. The predicted molar refractivity (Wildman–Crippen MR) is 237 cm³/mol. The van der Waals surface area contributed by atoms with Crippen molar-refractivity contribution < 1.29 is 23.5 Å². The van der Waals surface area contributed by atoms with E-state index in [4.69, 9.17) is 13.9 Å². The zero-order valence-corrected chi connectivity index (χ0v) is 34.4. The smallest absolute Gasteiger partial charge is 0.419 e. The number of hydrogen-bond acceptors (Lipinski definition) is 7. The fourth-order valence-electron chi connectivity index (χ4n) is 9.64. The molecule has 0 unspecified atom stereocenters. The number of aromatic amines is 1. The fourth-order valence-corrected chi connectivity index (χ4v) is 9.64. The van der Waals surface area contributed by atoms with E-state index >= 15 is 4.79 Å². The lowest BCUT2D eigenvalue weighted by molar-refractivity contribution is -0.171. The van der Waals surface area contributed by atoms with E-state index < -0.39 is 17.8 Å². The lowest BCUT2D eigenvalue weighted by Crippen LogP contribution is -2.77. The number of carbonyl (C=O) groups is 2. The quantitative estimate of drug-likeness (QED) is 0.126. The number of rotatable bonds is 13. The van der Waals surface area contributed by atoms with Gasteiger partial charge in [-0.3, -0.25) is 19.5 Å².